The maximum atomic E-state index is 13.3. The summed E-state index contributed by atoms with van der Waals surface area (Å²) in [6, 6.07) is 10.5. The summed E-state index contributed by atoms with van der Waals surface area (Å²) in [5, 5.41) is 7.28. The smallest absolute Gasteiger partial charge is 0.238 e. The zero-order valence-corrected chi connectivity index (χ0v) is 18.3. The molecule has 160 valence electrons. The van der Waals surface area contributed by atoms with Crippen molar-refractivity contribution in [1.82, 2.24) is 14.7 Å². The zero-order valence-electron chi connectivity index (χ0n) is 17.5. The van der Waals surface area contributed by atoms with Crippen LogP contribution in [0.1, 0.15) is 23.1 Å². The molecule has 0 unspecified atom stereocenters. The molecule has 1 aliphatic rings. The van der Waals surface area contributed by atoms with Gasteiger partial charge in [0.15, 0.2) is 0 Å². The molecule has 1 N–H and O–H groups in total. The van der Waals surface area contributed by atoms with Gasteiger partial charge in [-0.25, -0.2) is 9.07 Å². The molecule has 0 bridgehead atoms. The highest BCUT2D eigenvalue weighted by Crippen LogP contribution is 2.24. The lowest BCUT2D eigenvalue weighted by Gasteiger charge is -2.25. The summed E-state index contributed by atoms with van der Waals surface area (Å²) in [7, 11) is 0. The van der Waals surface area contributed by atoms with Crippen LogP contribution in [-0.4, -0.2) is 40.2 Å². The number of carbonyl (C=O) groups excluding carboxylic acids is 1. The van der Waals surface area contributed by atoms with Gasteiger partial charge in [0.2, 0.25) is 5.91 Å². The quantitative estimate of drug-likeness (QED) is 0.609. The molecule has 0 aliphatic carbocycles. The van der Waals surface area contributed by atoms with Gasteiger partial charge < -0.3 is 5.32 Å². The van der Waals surface area contributed by atoms with E-state index in [-0.39, 0.29) is 17.5 Å². The minimum atomic E-state index is -0.505. The summed E-state index contributed by atoms with van der Waals surface area (Å²) in [6.45, 7) is 5.92. The van der Waals surface area contributed by atoms with Gasteiger partial charge >= 0.3 is 0 Å². The first kappa shape index (κ1) is 21.3. The number of rotatable bonds is 5. The van der Waals surface area contributed by atoms with Gasteiger partial charge in [0.05, 0.1) is 23.5 Å². The van der Waals surface area contributed by atoms with Crippen LogP contribution >= 0.6 is 11.6 Å². The largest absolute Gasteiger partial charge is 0.325 e. The average Bonchev–Trinajstić information content (AvgIpc) is 3.23. The monoisotopic (exact) mass is 438 g/mol. The molecule has 7 heteroatoms. The first-order valence-electron chi connectivity index (χ1n) is 10.2. The summed E-state index contributed by atoms with van der Waals surface area (Å²) in [6.07, 6.45) is 6.93. The van der Waals surface area contributed by atoms with E-state index in [0.717, 1.165) is 24.2 Å². The topological polar surface area (TPSA) is 50.2 Å². The maximum Gasteiger partial charge on any atom is 0.238 e. The van der Waals surface area contributed by atoms with Gasteiger partial charge in [-0.3, -0.25) is 9.69 Å². The molecule has 1 amide bonds. The number of amides is 1. The van der Waals surface area contributed by atoms with Crippen molar-refractivity contribution in [3.8, 4) is 5.69 Å². The van der Waals surface area contributed by atoms with E-state index in [1.165, 1.54) is 34.9 Å². The van der Waals surface area contributed by atoms with E-state index in [4.69, 9.17) is 11.6 Å². The number of hydrogen-bond acceptors (Lipinski definition) is 3. The van der Waals surface area contributed by atoms with Crippen LogP contribution in [0.3, 0.4) is 0 Å². The Bertz CT molecular complexity index is 1150. The van der Waals surface area contributed by atoms with Crippen molar-refractivity contribution in [3.63, 3.8) is 0 Å². The van der Waals surface area contributed by atoms with Crippen molar-refractivity contribution < 1.29 is 9.18 Å². The number of nitrogens with one attached hydrogen (secondary N) is 1. The first-order valence-corrected chi connectivity index (χ1v) is 10.6. The van der Waals surface area contributed by atoms with Crippen molar-refractivity contribution >= 4 is 28.8 Å². The predicted octanol–water partition coefficient (Wildman–Crippen LogP) is 5.01. The Balaban J connectivity index is 1.36. The molecule has 0 fully saturated rings. The van der Waals surface area contributed by atoms with Crippen LogP contribution in [0.2, 0.25) is 5.02 Å². The minimum absolute atomic E-state index is 0.00954. The van der Waals surface area contributed by atoms with E-state index in [1.807, 2.05) is 10.9 Å². The Kier molecular flexibility index (Phi) is 6.20. The Morgan fingerprint density at radius 1 is 1.19 bits per heavy atom. The van der Waals surface area contributed by atoms with E-state index in [0.29, 0.717) is 12.2 Å². The third-order valence-electron chi connectivity index (χ3n) is 5.57. The standard InChI is InChI=1S/C24H24ClFN4O/c1-16-3-5-21(11-17(16)2)30-14-19(13-27-30)18-7-9-29(10-8-18)15-24(31)28-20-4-6-23(26)22(25)12-20/h3-7,11-14H,8-10,15H2,1-2H3,(H,28,31). The zero-order chi connectivity index (χ0) is 22.0. The van der Waals surface area contributed by atoms with Crippen LogP contribution < -0.4 is 5.32 Å². The normalized spacial score (nSPS) is 14.4. The fraction of sp³-hybridized carbons (Fsp3) is 0.250. The highest BCUT2D eigenvalue weighted by Gasteiger charge is 2.17. The lowest BCUT2D eigenvalue weighted by molar-refractivity contribution is -0.117. The van der Waals surface area contributed by atoms with Crippen molar-refractivity contribution in [2.75, 3.05) is 25.0 Å². The van der Waals surface area contributed by atoms with Gasteiger partial charge in [-0.15, -0.1) is 0 Å². The van der Waals surface area contributed by atoms with E-state index in [1.54, 1.807) is 0 Å². The Hall–Kier alpha value is -2.96. The molecule has 0 saturated carbocycles. The molecular formula is C24H24ClFN4O. The van der Waals surface area contributed by atoms with Crippen LogP contribution in [-0.2, 0) is 4.79 Å². The molecule has 2 heterocycles. The molecular weight excluding hydrogens is 415 g/mol. The molecule has 0 radical (unpaired) electrons. The molecule has 4 rings (SSSR count). The number of benzene rings is 2. The third-order valence-corrected chi connectivity index (χ3v) is 5.86. The molecule has 1 aromatic heterocycles. The lowest BCUT2D eigenvalue weighted by atomic mass is 10.0. The van der Waals surface area contributed by atoms with Gasteiger partial charge in [-0.2, -0.15) is 5.10 Å². The van der Waals surface area contributed by atoms with Crippen molar-refractivity contribution in [2.24, 2.45) is 0 Å². The first-order chi connectivity index (χ1) is 14.9. The number of nitrogens with zero attached hydrogens (tertiary/aromatic N) is 3. The second-order valence-electron chi connectivity index (χ2n) is 7.83. The van der Waals surface area contributed by atoms with Crippen LogP contribution in [0.5, 0.6) is 0 Å². The van der Waals surface area contributed by atoms with E-state index >= 15 is 0 Å². The van der Waals surface area contributed by atoms with Crippen LogP contribution in [0.15, 0.2) is 54.9 Å². The summed E-state index contributed by atoms with van der Waals surface area (Å²) in [5.74, 6) is -0.656. The number of hydrogen-bond donors (Lipinski definition) is 1. The van der Waals surface area contributed by atoms with Crippen LogP contribution in [0.25, 0.3) is 11.3 Å². The Labute approximate surface area is 186 Å². The van der Waals surface area contributed by atoms with Crippen molar-refractivity contribution in [1.29, 1.82) is 0 Å². The number of carbonyl (C=O) groups is 1. The van der Waals surface area contributed by atoms with Gasteiger partial charge in [0, 0.05) is 30.5 Å². The molecule has 5 nitrogen and oxygen atoms in total. The molecule has 2 aromatic carbocycles. The van der Waals surface area contributed by atoms with E-state index in [2.05, 4.69) is 59.6 Å². The summed E-state index contributed by atoms with van der Waals surface area (Å²) in [5.41, 5.74) is 6.37. The number of aryl methyl sites for hydroxylation is 2. The molecule has 31 heavy (non-hydrogen) atoms. The molecule has 3 aromatic rings. The van der Waals surface area contributed by atoms with Crippen LogP contribution in [0, 0.1) is 19.7 Å². The Morgan fingerprint density at radius 3 is 2.74 bits per heavy atom. The fourth-order valence-electron chi connectivity index (χ4n) is 3.59. The van der Waals surface area contributed by atoms with Crippen molar-refractivity contribution in [3.05, 3.63) is 82.4 Å². The molecule has 1 aliphatic heterocycles. The van der Waals surface area contributed by atoms with E-state index < -0.39 is 5.82 Å². The highest BCUT2D eigenvalue weighted by molar-refractivity contribution is 6.31. The maximum absolute atomic E-state index is 13.3. The van der Waals surface area contributed by atoms with Gasteiger partial charge in [0.25, 0.3) is 0 Å². The molecule has 0 spiro atoms. The SMILES string of the molecule is Cc1ccc(-n2cc(C3=CCN(CC(=O)Nc4ccc(F)c(Cl)c4)CC3)cn2)cc1C. The Morgan fingerprint density at radius 2 is 2.03 bits per heavy atom. The van der Waals surface area contributed by atoms with Gasteiger partial charge in [-0.05, 0) is 67.3 Å². The van der Waals surface area contributed by atoms with E-state index in [9.17, 15) is 9.18 Å². The fourth-order valence-corrected chi connectivity index (χ4v) is 3.77. The highest BCUT2D eigenvalue weighted by atomic mass is 35.5. The van der Waals surface area contributed by atoms with Crippen molar-refractivity contribution in [2.45, 2.75) is 20.3 Å². The van der Waals surface area contributed by atoms with Gasteiger partial charge in [-0.1, -0.05) is 23.7 Å². The van der Waals surface area contributed by atoms with Crippen LogP contribution in [0.4, 0.5) is 10.1 Å². The number of halogens is 2. The predicted molar refractivity (Wildman–Crippen MR) is 122 cm³/mol. The third kappa shape index (κ3) is 5.03. The summed E-state index contributed by atoms with van der Waals surface area (Å²) < 4.78 is 15.2. The molecule has 0 atom stereocenters. The van der Waals surface area contributed by atoms with Gasteiger partial charge in [0.1, 0.15) is 5.82 Å². The average molecular weight is 439 g/mol. The summed E-state index contributed by atoms with van der Waals surface area (Å²) >= 11 is 5.77. The minimum Gasteiger partial charge on any atom is -0.325 e. The second-order valence-corrected chi connectivity index (χ2v) is 8.24. The second kappa shape index (κ2) is 9.04. The summed E-state index contributed by atoms with van der Waals surface area (Å²) in [4.78, 5) is 14.4. The lowest BCUT2D eigenvalue weighted by Crippen LogP contribution is -2.36. The molecule has 0 saturated heterocycles. The number of aromatic nitrogens is 2. The number of anilines is 1.